The molecule has 0 saturated carbocycles. The second-order valence-corrected chi connectivity index (χ2v) is 4.21. The van der Waals surface area contributed by atoms with Gasteiger partial charge in [-0.25, -0.2) is 4.39 Å². The Morgan fingerprint density at radius 3 is 2.68 bits per heavy atom. The lowest BCUT2D eigenvalue weighted by Gasteiger charge is -2.07. The van der Waals surface area contributed by atoms with Gasteiger partial charge in [0.25, 0.3) is 5.69 Å². The van der Waals surface area contributed by atoms with Gasteiger partial charge in [-0.3, -0.25) is 10.1 Å². The van der Waals surface area contributed by atoms with Crippen LogP contribution in [0.4, 0.5) is 15.8 Å². The van der Waals surface area contributed by atoms with Crippen molar-refractivity contribution in [3.8, 4) is 0 Å². The normalized spacial score (nSPS) is 10.2. The Balaban J connectivity index is 2.14. The first-order valence-electron chi connectivity index (χ1n) is 5.80. The third-order valence-electron chi connectivity index (χ3n) is 2.82. The van der Waals surface area contributed by atoms with E-state index < -0.39 is 4.92 Å². The molecule has 0 bridgehead atoms. The van der Waals surface area contributed by atoms with Gasteiger partial charge in [-0.15, -0.1) is 0 Å². The van der Waals surface area contributed by atoms with Crippen LogP contribution in [-0.4, -0.2) is 4.92 Å². The number of benzene rings is 2. The van der Waals surface area contributed by atoms with Crippen molar-refractivity contribution in [2.45, 2.75) is 13.5 Å². The molecule has 0 radical (unpaired) electrons. The van der Waals surface area contributed by atoms with Crippen molar-refractivity contribution >= 4 is 11.4 Å². The molecular formula is C14H13FN2O2. The highest BCUT2D eigenvalue weighted by Gasteiger charge is 2.11. The van der Waals surface area contributed by atoms with E-state index in [1.165, 1.54) is 12.1 Å². The maximum absolute atomic E-state index is 13.4. The highest BCUT2D eigenvalue weighted by molar-refractivity contribution is 5.61. The molecule has 2 rings (SSSR count). The van der Waals surface area contributed by atoms with Gasteiger partial charge in [-0.05, 0) is 30.2 Å². The average Bonchev–Trinajstić information content (AvgIpc) is 2.40. The third kappa shape index (κ3) is 3.07. The lowest BCUT2D eigenvalue weighted by Crippen LogP contribution is -2.03. The molecule has 0 aliphatic heterocycles. The first-order valence-corrected chi connectivity index (χ1v) is 5.80. The van der Waals surface area contributed by atoms with Crippen LogP contribution in [0.1, 0.15) is 11.1 Å². The van der Waals surface area contributed by atoms with Crippen LogP contribution in [0, 0.1) is 22.9 Å². The fraction of sp³-hybridized carbons (Fsp3) is 0.143. The summed E-state index contributed by atoms with van der Waals surface area (Å²) in [6, 6.07) is 11.3. The van der Waals surface area contributed by atoms with Gasteiger partial charge in [-0.2, -0.15) is 0 Å². The minimum Gasteiger partial charge on any atom is -0.375 e. The maximum atomic E-state index is 13.4. The number of rotatable bonds is 4. The monoisotopic (exact) mass is 260 g/mol. The van der Waals surface area contributed by atoms with Gasteiger partial charge < -0.3 is 5.32 Å². The molecule has 0 aliphatic rings. The minimum atomic E-state index is -0.446. The Bertz CT molecular complexity index is 614. The summed E-state index contributed by atoms with van der Waals surface area (Å²) < 4.78 is 13.4. The van der Waals surface area contributed by atoms with Gasteiger partial charge in [0.1, 0.15) is 11.5 Å². The number of nitrogens with one attached hydrogen (secondary N) is 1. The van der Waals surface area contributed by atoms with Crippen LogP contribution in [0.3, 0.4) is 0 Å². The lowest BCUT2D eigenvalue weighted by molar-refractivity contribution is -0.384. The van der Waals surface area contributed by atoms with Crippen molar-refractivity contribution < 1.29 is 9.31 Å². The minimum absolute atomic E-state index is 0.00934. The smallest absolute Gasteiger partial charge is 0.292 e. The van der Waals surface area contributed by atoms with Gasteiger partial charge in [0.15, 0.2) is 0 Å². The van der Waals surface area contributed by atoms with Crippen molar-refractivity contribution in [2.75, 3.05) is 5.32 Å². The van der Waals surface area contributed by atoms with Crippen molar-refractivity contribution in [3.63, 3.8) is 0 Å². The van der Waals surface area contributed by atoms with Gasteiger partial charge >= 0.3 is 0 Å². The van der Waals surface area contributed by atoms with Crippen molar-refractivity contribution in [1.82, 2.24) is 0 Å². The number of halogens is 1. The number of para-hydroxylation sites is 2. The van der Waals surface area contributed by atoms with Gasteiger partial charge in [0, 0.05) is 12.6 Å². The summed E-state index contributed by atoms with van der Waals surface area (Å²) >= 11 is 0. The third-order valence-corrected chi connectivity index (χ3v) is 2.82. The maximum Gasteiger partial charge on any atom is 0.292 e. The zero-order valence-corrected chi connectivity index (χ0v) is 10.4. The number of hydrogen-bond acceptors (Lipinski definition) is 3. The number of aryl methyl sites for hydroxylation is 1. The Labute approximate surface area is 110 Å². The number of anilines is 1. The zero-order valence-electron chi connectivity index (χ0n) is 10.4. The SMILES string of the molecule is Cc1ccc(CNc2ccccc2[N+](=O)[O-])cc1F. The number of nitro benzene ring substituents is 1. The van der Waals surface area contributed by atoms with E-state index in [-0.39, 0.29) is 11.5 Å². The van der Waals surface area contributed by atoms with Crippen molar-refractivity contribution in [1.29, 1.82) is 0 Å². The molecule has 0 heterocycles. The largest absolute Gasteiger partial charge is 0.375 e. The number of nitrogens with zero attached hydrogens (tertiary/aromatic N) is 1. The predicted octanol–water partition coefficient (Wildman–Crippen LogP) is 3.65. The molecule has 0 fully saturated rings. The van der Waals surface area contributed by atoms with Gasteiger partial charge in [0.2, 0.25) is 0 Å². The molecule has 0 unspecified atom stereocenters. The van der Waals surface area contributed by atoms with E-state index in [1.807, 2.05) is 0 Å². The van der Waals surface area contributed by atoms with E-state index in [0.717, 1.165) is 5.56 Å². The Morgan fingerprint density at radius 1 is 1.26 bits per heavy atom. The van der Waals surface area contributed by atoms with Crippen LogP contribution in [0.25, 0.3) is 0 Å². The van der Waals surface area contributed by atoms with Crippen LogP contribution in [-0.2, 0) is 6.54 Å². The molecule has 0 amide bonds. The van der Waals surface area contributed by atoms with Gasteiger partial charge in [-0.1, -0.05) is 24.3 Å². The topological polar surface area (TPSA) is 55.2 Å². The fourth-order valence-corrected chi connectivity index (χ4v) is 1.73. The van der Waals surface area contributed by atoms with Crippen LogP contribution in [0.2, 0.25) is 0 Å². The summed E-state index contributed by atoms with van der Waals surface area (Å²) in [6.45, 7) is 2.02. The molecule has 0 saturated heterocycles. The Morgan fingerprint density at radius 2 is 2.00 bits per heavy atom. The summed E-state index contributed by atoms with van der Waals surface area (Å²) in [5.41, 5.74) is 1.75. The molecule has 1 N–H and O–H groups in total. The lowest BCUT2D eigenvalue weighted by atomic mass is 10.1. The molecule has 98 valence electrons. The first-order chi connectivity index (χ1) is 9.08. The van der Waals surface area contributed by atoms with E-state index in [0.29, 0.717) is 17.8 Å². The highest BCUT2D eigenvalue weighted by atomic mass is 19.1. The van der Waals surface area contributed by atoms with E-state index in [1.54, 1.807) is 37.3 Å². The molecule has 2 aromatic rings. The molecule has 4 nitrogen and oxygen atoms in total. The molecule has 0 spiro atoms. The summed E-state index contributed by atoms with van der Waals surface area (Å²) in [5.74, 6) is -0.276. The predicted molar refractivity (Wildman–Crippen MR) is 71.6 cm³/mol. The molecule has 5 heteroatoms. The van der Waals surface area contributed by atoms with E-state index in [9.17, 15) is 14.5 Å². The zero-order chi connectivity index (χ0) is 13.8. The van der Waals surface area contributed by atoms with Crippen molar-refractivity contribution in [3.05, 3.63) is 69.5 Å². The standard InChI is InChI=1S/C14H13FN2O2/c1-10-6-7-11(8-12(10)15)9-16-13-4-2-3-5-14(13)17(18)19/h2-8,16H,9H2,1H3. The molecule has 0 aromatic heterocycles. The second kappa shape index (κ2) is 5.48. The molecule has 0 atom stereocenters. The quantitative estimate of drug-likeness (QED) is 0.674. The first kappa shape index (κ1) is 13.0. The van der Waals surface area contributed by atoms with Crippen molar-refractivity contribution in [2.24, 2.45) is 0 Å². The fourth-order valence-electron chi connectivity index (χ4n) is 1.73. The average molecular weight is 260 g/mol. The number of nitro groups is 1. The van der Waals surface area contributed by atoms with Crippen LogP contribution in [0.5, 0.6) is 0 Å². The molecular weight excluding hydrogens is 247 g/mol. The highest BCUT2D eigenvalue weighted by Crippen LogP contribution is 2.23. The second-order valence-electron chi connectivity index (χ2n) is 4.21. The van der Waals surface area contributed by atoms with Crippen LogP contribution >= 0.6 is 0 Å². The van der Waals surface area contributed by atoms with E-state index >= 15 is 0 Å². The Hall–Kier alpha value is -2.43. The summed E-state index contributed by atoms with van der Waals surface area (Å²) in [5, 5.41) is 13.8. The Kier molecular flexibility index (Phi) is 3.75. The summed E-state index contributed by atoms with van der Waals surface area (Å²) in [4.78, 5) is 10.4. The van der Waals surface area contributed by atoms with E-state index in [4.69, 9.17) is 0 Å². The van der Waals surface area contributed by atoms with E-state index in [2.05, 4.69) is 5.32 Å². The number of hydrogen-bond donors (Lipinski definition) is 1. The van der Waals surface area contributed by atoms with Crippen LogP contribution in [0.15, 0.2) is 42.5 Å². The molecule has 0 aliphatic carbocycles. The summed E-state index contributed by atoms with van der Waals surface area (Å²) in [7, 11) is 0. The molecule has 2 aromatic carbocycles. The molecule has 19 heavy (non-hydrogen) atoms. The van der Waals surface area contributed by atoms with Gasteiger partial charge in [0.05, 0.1) is 4.92 Å². The summed E-state index contributed by atoms with van der Waals surface area (Å²) in [6.07, 6.45) is 0. The van der Waals surface area contributed by atoms with Crippen LogP contribution < -0.4 is 5.32 Å².